The number of hydrogen-bond acceptors (Lipinski definition) is 3. The van der Waals surface area contributed by atoms with Gasteiger partial charge in [0.2, 0.25) is 0 Å². The van der Waals surface area contributed by atoms with E-state index >= 15 is 0 Å². The fraction of sp³-hybridized carbons (Fsp3) is 0.385. The first-order valence-electron chi connectivity index (χ1n) is 5.60. The van der Waals surface area contributed by atoms with E-state index in [0.717, 1.165) is 0 Å². The Labute approximate surface area is 101 Å². The van der Waals surface area contributed by atoms with Crippen molar-refractivity contribution in [2.75, 3.05) is 20.2 Å². The second-order valence-corrected chi connectivity index (χ2v) is 3.55. The molecular formula is C13H17NO3. The molecule has 0 saturated heterocycles. The van der Waals surface area contributed by atoms with E-state index in [1.807, 2.05) is 13.8 Å². The Hall–Kier alpha value is -1.84. The van der Waals surface area contributed by atoms with E-state index in [0.29, 0.717) is 36.3 Å². The van der Waals surface area contributed by atoms with E-state index in [9.17, 15) is 9.59 Å². The summed E-state index contributed by atoms with van der Waals surface area (Å²) in [6.45, 7) is 5.04. The van der Waals surface area contributed by atoms with Crippen molar-refractivity contribution in [3.8, 4) is 5.75 Å². The second kappa shape index (κ2) is 6.03. The fourth-order valence-corrected chi connectivity index (χ4v) is 1.63. The third kappa shape index (κ3) is 2.84. The van der Waals surface area contributed by atoms with Crippen molar-refractivity contribution < 1.29 is 14.3 Å². The second-order valence-electron chi connectivity index (χ2n) is 3.55. The monoisotopic (exact) mass is 235 g/mol. The highest BCUT2D eigenvalue weighted by molar-refractivity contribution is 6.01. The van der Waals surface area contributed by atoms with Gasteiger partial charge in [-0.25, -0.2) is 0 Å². The first kappa shape index (κ1) is 13.2. The topological polar surface area (TPSA) is 46.6 Å². The zero-order valence-corrected chi connectivity index (χ0v) is 10.4. The van der Waals surface area contributed by atoms with Crippen molar-refractivity contribution in [3.05, 3.63) is 29.3 Å². The smallest absolute Gasteiger partial charge is 0.254 e. The van der Waals surface area contributed by atoms with Gasteiger partial charge in [-0.15, -0.1) is 0 Å². The standard InChI is InChI=1S/C13H17NO3/c1-4-14(5-2)13(16)12-8-11(17-3)7-6-10(12)9-15/h6-9H,4-5H2,1-3H3. The maximum Gasteiger partial charge on any atom is 0.254 e. The zero-order valence-electron chi connectivity index (χ0n) is 10.4. The van der Waals surface area contributed by atoms with Crippen LogP contribution in [-0.4, -0.2) is 37.3 Å². The molecule has 0 bridgehead atoms. The molecule has 0 aliphatic carbocycles. The van der Waals surface area contributed by atoms with Crippen LogP contribution in [0, 0.1) is 0 Å². The minimum atomic E-state index is -0.143. The lowest BCUT2D eigenvalue weighted by molar-refractivity contribution is 0.0769. The first-order chi connectivity index (χ1) is 8.17. The highest BCUT2D eigenvalue weighted by atomic mass is 16.5. The molecule has 4 nitrogen and oxygen atoms in total. The lowest BCUT2D eigenvalue weighted by atomic mass is 10.1. The van der Waals surface area contributed by atoms with Gasteiger partial charge >= 0.3 is 0 Å². The number of amides is 1. The minimum absolute atomic E-state index is 0.143. The van der Waals surface area contributed by atoms with Crippen LogP contribution in [0.1, 0.15) is 34.6 Å². The molecule has 0 atom stereocenters. The van der Waals surface area contributed by atoms with E-state index in [1.165, 1.54) is 7.11 Å². The quantitative estimate of drug-likeness (QED) is 0.733. The summed E-state index contributed by atoms with van der Waals surface area (Å²) in [7, 11) is 1.53. The molecule has 1 rings (SSSR count). The van der Waals surface area contributed by atoms with E-state index in [4.69, 9.17) is 4.74 Å². The number of rotatable bonds is 5. The Bertz CT molecular complexity index is 411. The molecule has 1 aromatic carbocycles. The number of methoxy groups -OCH3 is 1. The molecule has 1 aromatic rings. The van der Waals surface area contributed by atoms with E-state index in [1.54, 1.807) is 23.1 Å². The number of nitrogens with zero attached hydrogens (tertiary/aromatic N) is 1. The van der Waals surface area contributed by atoms with Crippen molar-refractivity contribution in [1.29, 1.82) is 0 Å². The molecule has 0 N–H and O–H groups in total. The van der Waals surface area contributed by atoms with Crippen LogP contribution < -0.4 is 4.74 Å². The fourth-order valence-electron chi connectivity index (χ4n) is 1.63. The molecule has 17 heavy (non-hydrogen) atoms. The zero-order chi connectivity index (χ0) is 12.8. The maximum absolute atomic E-state index is 12.2. The predicted octanol–water partition coefficient (Wildman–Crippen LogP) is 1.99. The number of carbonyl (C=O) groups excluding carboxylic acids is 2. The first-order valence-corrected chi connectivity index (χ1v) is 5.60. The molecule has 4 heteroatoms. The summed E-state index contributed by atoms with van der Waals surface area (Å²) in [6.07, 6.45) is 0.691. The van der Waals surface area contributed by atoms with E-state index < -0.39 is 0 Å². The van der Waals surface area contributed by atoms with Gasteiger partial charge in [0.1, 0.15) is 5.75 Å². The van der Waals surface area contributed by atoms with Crippen molar-refractivity contribution in [2.24, 2.45) is 0 Å². The van der Waals surface area contributed by atoms with E-state index in [2.05, 4.69) is 0 Å². The van der Waals surface area contributed by atoms with Gasteiger partial charge < -0.3 is 9.64 Å². The molecule has 0 aromatic heterocycles. The molecule has 92 valence electrons. The summed E-state index contributed by atoms with van der Waals surface area (Å²) in [5, 5.41) is 0. The van der Waals surface area contributed by atoms with E-state index in [-0.39, 0.29) is 5.91 Å². The van der Waals surface area contributed by atoms with Gasteiger partial charge in [-0.3, -0.25) is 9.59 Å². The molecule has 0 aliphatic rings. The van der Waals surface area contributed by atoms with Gasteiger partial charge in [-0.1, -0.05) is 0 Å². The lowest BCUT2D eigenvalue weighted by Crippen LogP contribution is -2.31. The van der Waals surface area contributed by atoms with Crippen LogP contribution in [0.2, 0.25) is 0 Å². The molecule has 0 unspecified atom stereocenters. The van der Waals surface area contributed by atoms with Crippen LogP contribution in [0.5, 0.6) is 5.75 Å². The van der Waals surface area contributed by atoms with Crippen molar-refractivity contribution in [3.63, 3.8) is 0 Å². The van der Waals surface area contributed by atoms with Crippen LogP contribution in [0.4, 0.5) is 0 Å². The minimum Gasteiger partial charge on any atom is -0.497 e. The molecular weight excluding hydrogens is 218 g/mol. The summed E-state index contributed by atoms with van der Waals surface area (Å²) in [5.74, 6) is 0.433. The number of hydrogen-bond donors (Lipinski definition) is 0. The van der Waals surface area contributed by atoms with Gasteiger partial charge in [-0.05, 0) is 32.0 Å². The largest absolute Gasteiger partial charge is 0.497 e. The molecule has 0 aliphatic heterocycles. The summed E-state index contributed by atoms with van der Waals surface area (Å²) in [5.41, 5.74) is 0.783. The van der Waals surface area contributed by atoms with Gasteiger partial charge in [0.15, 0.2) is 6.29 Å². The van der Waals surface area contributed by atoms with Crippen molar-refractivity contribution >= 4 is 12.2 Å². The predicted molar refractivity (Wildman–Crippen MR) is 65.6 cm³/mol. The summed E-state index contributed by atoms with van der Waals surface area (Å²) in [4.78, 5) is 24.8. The van der Waals surface area contributed by atoms with Crippen molar-refractivity contribution in [2.45, 2.75) is 13.8 Å². The Balaban J connectivity index is 3.17. The third-order valence-corrected chi connectivity index (χ3v) is 2.67. The van der Waals surface area contributed by atoms with Crippen molar-refractivity contribution in [1.82, 2.24) is 4.90 Å². The molecule has 0 fully saturated rings. The Morgan fingerprint density at radius 3 is 2.47 bits per heavy atom. The average molecular weight is 235 g/mol. The van der Waals surface area contributed by atoms with Crippen LogP contribution in [0.15, 0.2) is 18.2 Å². The summed E-state index contributed by atoms with van der Waals surface area (Å²) < 4.78 is 5.06. The highest BCUT2D eigenvalue weighted by Gasteiger charge is 2.17. The summed E-state index contributed by atoms with van der Waals surface area (Å²) in [6, 6.07) is 4.87. The molecule has 0 radical (unpaired) electrons. The van der Waals surface area contributed by atoms with Gasteiger partial charge in [0.25, 0.3) is 5.91 Å². The Kier molecular flexibility index (Phi) is 4.69. The average Bonchev–Trinajstić information content (AvgIpc) is 2.39. The molecule has 1 amide bonds. The number of ether oxygens (including phenoxy) is 1. The number of benzene rings is 1. The van der Waals surface area contributed by atoms with Crippen LogP contribution in [0.25, 0.3) is 0 Å². The van der Waals surface area contributed by atoms with Crippen LogP contribution in [-0.2, 0) is 0 Å². The lowest BCUT2D eigenvalue weighted by Gasteiger charge is -2.19. The van der Waals surface area contributed by atoms with Crippen LogP contribution >= 0.6 is 0 Å². The number of carbonyl (C=O) groups is 2. The molecule has 0 saturated carbocycles. The Morgan fingerprint density at radius 2 is 2.00 bits per heavy atom. The third-order valence-electron chi connectivity index (χ3n) is 2.67. The molecule has 0 spiro atoms. The van der Waals surface area contributed by atoms with Gasteiger partial charge in [0.05, 0.1) is 12.7 Å². The van der Waals surface area contributed by atoms with Crippen LogP contribution in [0.3, 0.4) is 0 Å². The van der Waals surface area contributed by atoms with Gasteiger partial charge in [0, 0.05) is 18.7 Å². The molecule has 0 heterocycles. The Morgan fingerprint density at radius 1 is 1.35 bits per heavy atom. The SMILES string of the molecule is CCN(CC)C(=O)c1cc(OC)ccc1C=O. The number of aldehydes is 1. The normalized spacial score (nSPS) is 9.82. The van der Waals surface area contributed by atoms with Gasteiger partial charge in [-0.2, -0.15) is 0 Å². The highest BCUT2D eigenvalue weighted by Crippen LogP contribution is 2.18. The maximum atomic E-state index is 12.2. The summed E-state index contributed by atoms with van der Waals surface area (Å²) >= 11 is 0.